The molecule has 162 valence electrons. The lowest BCUT2D eigenvalue weighted by Gasteiger charge is -2.55. The van der Waals surface area contributed by atoms with Crippen molar-refractivity contribution < 1.29 is 5.11 Å². The molecule has 0 saturated heterocycles. The molecule has 4 aliphatic carbocycles. The monoisotopic (exact) mass is 396 g/mol. The SMILES string of the molecule is CC(C)[C@H](C)/C=C/[C@H](C)[C@@H]1CC[C@@H]2C3=CC=C4C[C@H](O)CC[C@]4(C)[C@H]3CC[C@]21C. The van der Waals surface area contributed by atoms with Crippen LogP contribution in [0.15, 0.2) is 35.5 Å². The third-order valence-corrected chi connectivity index (χ3v) is 10.0. The zero-order valence-electron chi connectivity index (χ0n) is 19.7. The van der Waals surface area contributed by atoms with Gasteiger partial charge in [-0.1, -0.05) is 77.0 Å². The zero-order valence-corrected chi connectivity index (χ0v) is 19.7. The molecule has 0 radical (unpaired) electrons. The summed E-state index contributed by atoms with van der Waals surface area (Å²) >= 11 is 0. The van der Waals surface area contributed by atoms with Crippen molar-refractivity contribution in [1.82, 2.24) is 0 Å². The van der Waals surface area contributed by atoms with E-state index in [-0.39, 0.29) is 6.10 Å². The topological polar surface area (TPSA) is 20.2 Å². The molecule has 1 N–H and O–H groups in total. The first kappa shape index (κ1) is 21.4. The minimum Gasteiger partial charge on any atom is -0.393 e. The Morgan fingerprint density at radius 3 is 2.41 bits per heavy atom. The van der Waals surface area contributed by atoms with Gasteiger partial charge in [0.1, 0.15) is 0 Å². The Morgan fingerprint density at radius 2 is 1.69 bits per heavy atom. The van der Waals surface area contributed by atoms with Crippen molar-refractivity contribution >= 4 is 0 Å². The van der Waals surface area contributed by atoms with E-state index in [9.17, 15) is 5.11 Å². The second-order valence-corrected chi connectivity index (χ2v) is 11.9. The van der Waals surface area contributed by atoms with Crippen LogP contribution in [0.1, 0.15) is 86.5 Å². The Kier molecular flexibility index (Phi) is 5.69. The van der Waals surface area contributed by atoms with E-state index in [2.05, 4.69) is 65.8 Å². The zero-order chi connectivity index (χ0) is 21.0. The highest BCUT2D eigenvalue weighted by molar-refractivity contribution is 5.39. The summed E-state index contributed by atoms with van der Waals surface area (Å²) in [6.45, 7) is 14.6. The summed E-state index contributed by atoms with van der Waals surface area (Å²) < 4.78 is 0. The van der Waals surface area contributed by atoms with Crippen LogP contribution in [0.3, 0.4) is 0 Å². The van der Waals surface area contributed by atoms with Gasteiger partial charge in [-0.3, -0.25) is 0 Å². The summed E-state index contributed by atoms with van der Waals surface area (Å²) in [6, 6.07) is 0. The number of aliphatic hydroxyl groups excluding tert-OH is 1. The highest BCUT2D eigenvalue weighted by Gasteiger charge is 2.56. The van der Waals surface area contributed by atoms with Crippen molar-refractivity contribution in [2.75, 3.05) is 0 Å². The summed E-state index contributed by atoms with van der Waals surface area (Å²) in [4.78, 5) is 0. The Labute approximate surface area is 179 Å². The minimum absolute atomic E-state index is 0.116. The van der Waals surface area contributed by atoms with E-state index in [4.69, 9.17) is 0 Å². The highest BCUT2D eigenvalue weighted by atomic mass is 16.3. The van der Waals surface area contributed by atoms with Crippen molar-refractivity contribution in [2.24, 2.45) is 46.3 Å². The first-order chi connectivity index (χ1) is 13.7. The van der Waals surface area contributed by atoms with Crippen LogP contribution in [0.5, 0.6) is 0 Å². The summed E-state index contributed by atoms with van der Waals surface area (Å²) in [5, 5.41) is 10.2. The lowest BCUT2D eigenvalue weighted by Crippen LogP contribution is -2.46. The van der Waals surface area contributed by atoms with Gasteiger partial charge >= 0.3 is 0 Å². The maximum atomic E-state index is 10.2. The van der Waals surface area contributed by atoms with Gasteiger partial charge in [-0.2, -0.15) is 0 Å². The van der Waals surface area contributed by atoms with Gasteiger partial charge in [0.25, 0.3) is 0 Å². The summed E-state index contributed by atoms with van der Waals surface area (Å²) in [7, 11) is 0. The van der Waals surface area contributed by atoms with Crippen LogP contribution in [0.2, 0.25) is 0 Å². The molecule has 29 heavy (non-hydrogen) atoms. The predicted octanol–water partition coefficient (Wildman–Crippen LogP) is 7.33. The maximum Gasteiger partial charge on any atom is 0.0578 e. The van der Waals surface area contributed by atoms with Crippen LogP contribution >= 0.6 is 0 Å². The van der Waals surface area contributed by atoms with Crippen LogP contribution in [-0.4, -0.2) is 11.2 Å². The number of allylic oxidation sites excluding steroid dienone is 5. The van der Waals surface area contributed by atoms with Crippen molar-refractivity contribution in [2.45, 2.75) is 92.6 Å². The molecule has 4 rings (SSSR count). The lowest BCUT2D eigenvalue weighted by molar-refractivity contribution is 0.0382. The van der Waals surface area contributed by atoms with Gasteiger partial charge in [0.15, 0.2) is 0 Å². The molecule has 3 saturated carbocycles. The fraction of sp³-hybridized carbons (Fsp3) is 0.786. The van der Waals surface area contributed by atoms with Crippen LogP contribution in [0.4, 0.5) is 0 Å². The van der Waals surface area contributed by atoms with Crippen LogP contribution < -0.4 is 0 Å². The molecule has 4 aliphatic rings. The second kappa shape index (κ2) is 7.70. The number of aliphatic hydroxyl groups is 1. The molecule has 1 heteroatoms. The standard InChI is InChI=1S/C28H44O/c1-18(2)19(3)7-8-20(4)24-11-12-25-23-10-9-21-17-22(29)13-15-27(21,5)26(23)14-16-28(24,25)6/h7-10,18-20,22,24-26,29H,11-17H2,1-6H3/b8-7+/t19-,20+,22-,24+,25-,26+,27+,28+/m1/s1. The van der Waals surface area contributed by atoms with E-state index >= 15 is 0 Å². The largest absolute Gasteiger partial charge is 0.393 e. The third kappa shape index (κ3) is 3.50. The molecule has 0 amide bonds. The van der Waals surface area contributed by atoms with E-state index in [0.29, 0.717) is 22.7 Å². The smallest absolute Gasteiger partial charge is 0.0578 e. The molecule has 1 nitrogen and oxygen atoms in total. The average Bonchev–Trinajstić information content (AvgIpc) is 3.03. The van der Waals surface area contributed by atoms with Gasteiger partial charge in [0.2, 0.25) is 0 Å². The van der Waals surface area contributed by atoms with Gasteiger partial charge in [-0.05, 0) is 91.3 Å². The molecule has 0 aliphatic heterocycles. The molecule has 0 unspecified atom stereocenters. The van der Waals surface area contributed by atoms with Gasteiger partial charge in [-0.15, -0.1) is 0 Å². The van der Waals surface area contributed by atoms with E-state index in [1.54, 1.807) is 5.57 Å². The van der Waals surface area contributed by atoms with Crippen molar-refractivity contribution in [1.29, 1.82) is 0 Å². The first-order valence-electron chi connectivity index (χ1n) is 12.4. The van der Waals surface area contributed by atoms with E-state index in [1.165, 1.54) is 37.7 Å². The maximum absolute atomic E-state index is 10.2. The van der Waals surface area contributed by atoms with E-state index in [0.717, 1.165) is 36.5 Å². The summed E-state index contributed by atoms with van der Waals surface area (Å²) in [5.41, 5.74) is 4.07. The Balaban J connectivity index is 1.57. The molecular formula is C28H44O. The van der Waals surface area contributed by atoms with E-state index < -0.39 is 0 Å². The van der Waals surface area contributed by atoms with Gasteiger partial charge < -0.3 is 5.11 Å². The van der Waals surface area contributed by atoms with Crippen molar-refractivity contribution in [3.8, 4) is 0 Å². The van der Waals surface area contributed by atoms with Gasteiger partial charge in [0.05, 0.1) is 6.10 Å². The summed E-state index contributed by atoms with van der Waals surface area (Å²) in [5.74, 6) is 4.38. The van der Waals surface area contributed by atoms with Crippen LogP contribution in [0.25, 0.3) is 0 Å². The van der Waals surface area contributed by atoms with E-state index in [1.807, 2.05) is 0 Å². The Bertz CT molecular complexity index is 712. The molecule has 0 bridgehead atoms. The minimum atomic E-state index is -0.116. The predicted molar refractivity (Wildman–Crippen MR) is 123 cm³/mol. The highest BCUT2D eigenvalue weighted by Crippen LogP contribution is 2.65. The fourth-order valence-corrected chi connectivity index (χ4v) is 7.59. The number of hydrogen-bond acceptors (Lipinski definition) is 1. The van der Waals surface area contributed by atoms with Crippen molar-refractivity contribution in [3.63, 3.8) is 0 Å². The molecule has 0 aromatic heterocycles. The Morgan fingerprint density at radius 1 is 0.931 bits per heavy atom. The van der Waals surface area contributed by atoms with Gasteiger partial charge in [-0.25, -0.2) is 0 Å². The molecule has 0 aromatic carbocycles. The normalized spacial score (nSPS) is 44.0. The number of hydrogen-bond donors (Lipinski definition) is 1. The number of fused-ring (bicyclic) bond motifs is 5. The number of rotatable bonds is 4. The first-order valence-corrected chi connectivity index (χ1v) is 12.4. The Hall–Kier alpha value is -0.820. The fourth-order valence-electron chi connectivity index (χ4n) is 7.59. The quantitative estimate of drug-likeness (QED) is 0.493. The van der Waals surface area contributed by atoms with Crippen molar-refractivity contribution in [3.05, 3.63) is 35.5 Å². The molecule has 0 spiro atoms. The molecule has 8 atom stereocenters. The lowest BCUT2D eigenvalue weighted by atomic mass is 9.50. The van der Waals surface area contributed by atoms with Gasteiger partial charge in [0, 0.05) is 0 Å². The van der Waals surface area contributed by atoms with Crippen LogP contribution in [0, 0.1) is 46.3 Å². The molecular weight excluding hydrogens is 352 g/mol. The molecule has 0 heterocycles. The van der Waals surface area contributed by atoms with Crippen LogP contribution in [-0.2, 0) is 0 Å². The summed E-state index contributed by atoms with van der Waals surface area (Å²) in [6.07, 6.45) is 18.4. The molecule has 3 fully saturated rings. The average molecular weight is 397 g/mol. The third-order valence-electron chi connectivity index (χ3n) is 10.0. The molecule has 0 aromatic rings. The second-order valence-electron chi connectivity index (χ2n) is 11.9.